The van der Waals surface area contributed by atoms with Gasteiger partial charge >= 0.3 is 5.97 Å². The fraction of sp³-hybridized carbons (Fsp3) is 0.375. The van der Waals surface area contributed by atoms with Gasteiger partial charge in [0.25, 0.3) is 0 Å². The molecule has 76 valence electrons. The van der Waals surface area contributed by atoms with Crippen LogP contribution in [-0.4, -0.2) is 29.0 Å². The molecule has 1 amide bonds. The van der Waals surface area contributed by atoms with Gasteiger partial charge in [0, 0.05) is 7.05 Å². The van der Waals surface area contributed by atoms with Crippen LogP contribution in [0.15, 0.2) is 0 Å². The minimum absolute atomic E-state index is 0.134. The first kappa shape index (κ1) is 10.6. The number of rotatable bonds is 3. The van der Waals surface area contributed by atoms with Gasteiger partial charge in [0.1, 0.15) is 9.88 Å². The summed E-state index contributed by atoms with van der Waals surface area (Å²) in [6.07, 6.45) is 0.134. The normalized spacial score (nSPS) is 9.86. The second kappa shape index (κ2) is 4.19. The summed E-state index contributed by atoms with van der Waals surface area (Å²) in [5.74, 6) is -1.17. The first-order valence-electron chi connectivity index (χ1n) is 3.94. The van der Waals surface area contributed by atoms with Crippen molar-refractivity contribution in [1.82, 2.24) is 10.3 Å². The molecule has 0 bridgehead atoms. The van der Waals surface area contributed by atoms with E-state index in [4.69, 9.17) is 5.11 Å². The van der Waals surface area contributed by atoms with Gasteiger partial charge in [-0.1, -0.05) is 0 Å². The molecule has 0 saturated carbocycles. The quantitative estimate of drug-likeness (QED) is 0.765. The summed E-state index contributed by atoms with van der Waals surface area (Å²) in [4.78, 5) is 25.8. The summed E-state index contributed by atoms with van der Waals surface area (Å²) in [6.45, 7) is 1.62. The van der Waals surface area contributed by atoms with Gasteiger partial charge in [-0.3, -0.25) is 4.79 Å². The summed E-state index contributed by atoms with van der Waals surface area (Å²) in [5, 5.41) is 11.7. The van der Waals surface area contributed by atoms with Crippen LogP contribution in [0.5, 0.6) is 0 Å². The van der Waals surface area contributed by atoms with Crippen molar-refractivity contribution in [1.29, 1.82) is 0 Å². The number of nitrogens with one attached hydrogen (secondary N) is 1. The first-order valence-corrected chi connectivity index (χ1v) is 4.76. The molecule has 0 aromatic carbocycles. The van der Waals surface area contributed by atoms with E-state index in [-0.39, 0.29) is 17.2 Å². The van der Waals surface area contributed by atoms with E-state index in [1.165, 1.54) is 7.05 Å². The standard InChI is InChI=1S/C8H10N2O3S/c1-4-7(8(12)13)14-6(10-4)3-5(11)9-2/h3H2,1-2H3,(H,9,11)(H,12,13). The molecule has 0 aliphatic heterocycles. The number of carbonyl (C=O) groups is 2. The number of aryl methyl sites for hydroxylation is 1. The maximum Gasteiger partial charge on any atom is 0.347 e. The molecule has 0 aliphatic rings. The van der Waals surface area contributed by atoms with Crippen molar-refractivity contribution in [3.63, 3.8) is 0 Å². The van der Waals surface area contributed by atoms with Crippen LogP contribution in [0.4, 0.5) is 0 Å². The molecule has 0 aliphatic carbocycles. The van der Waals surface area contributed by atoms with Crippen molar-refractivity contribution < 1.29 is 14.7 Å². The van der Waals surface area contributed by atoms with E-state index in [1.807, 2.05) is 0 Å². The zero-order valence-electron chi connectivity index (χ0n) is 7.83. The number of aromatic carboxylic acids is 1. The molecule has 6 heteroatoms. The fourth-order valence-electron chi connectivity index (χ4n) is 0.952. The molecule has 0 spiro atoms. The number of thiazole rings is 1. The number of carbonyl (C=O) groups excluding carboxylic acids is 1. The summed E-state index contributed by atoms with van der Waals surface area (Å²) >= 11 is 1.04. The minimum Gasteiger partial charge on any atom is -0.477 e. The van der Waals surface area contributed by atoms with E-state index in [2.05, 4.69) is 10.3 Å². The van der Waals surface area contributed by atoms with Crippen molar-refractivity contribution in [3.05, 3.63) is 15.6 Å². The highest BCUT2D eigenvalue weighted by Gasteiger charge is 2.15. The SMILES string of the molecule is CNC(=O)Cc1nc(C)c(C(=O)O)s1. The molecule has 0 unspecified atom stereocenters. The lowest BCUT2D eigenvalue weighted by molar-refractivity contribution is -0.119. The summed E-state index contributed by atoms with van der Waals surface area (Å²) < 4.78 is 0. The Bertz CT molecular complexity index is 373. The molecule has 14 heavy (non-hydrogen) atoms. The second-order valence-corrected chi connectivity index (χ2v) is 3.76. The highest BCUT2D eigenvalue weighted by atomic mass is 32.1. The van der Waals surface area contributed by atoms with Gasteiger partial charge < -0.3 is 10.4 Å². The van der Waals surface area contributed by atoms with E-state index in [0.717, 1.165) is 11.3 Å². The van der Waals surface area contributed by atoms with Gasteiger partial charge in [-0.15, -0.1) is 11.3 Å². The van der Waals surface area contributed by atoms with Crippen LogP contribution in [-0.2, 0) is 11.2 Å². The predicted molar refractivity (Wildman–Crippen MR) is 51.6 cm³/mol. The van der Waals surface area contributed by atoms with E-state index >= 15 is 0 Å². The monoisotopic (exact) mass is 214 g/mol. The lowest BCUT2D eigenvalue weighted by atomic mass is 10.4. The third kappa shape index (κ3) is 2.29. The summed E-state index contributed by atoms with van der Waals surface area (Å²) in [5.41, 5.74) is 0.460. The molecule has 0 atom stereocenters. The lowest BCUT2D eigenvalue weighted by Gasteiger charge is -1.93. The van der Waals surface area contributed by atoms with E-state index in [0.29, 0.717) is 10.7 Å². The fourth-order valence-corrected chi connectivity index (χ4v) is 1.85. The largest absolute Gasteiger partial charge is 0.477 e. The second-order valence-electron chi connectivity index (χ2n) is 2.68. The summed E-state index contributed by atoms with van der Waals surface area (Å²) in [6, 6.07) is 0. The Morgan fingerprint density at radius 2 is 2.21 bits per heavy atom. The number of nitrogens with zero attached hydrogens (tertiary/aromatic N) is 1. The average Bonchev–Trinajstić information content (AvgIpc) is 2.46. The number of carboxylic acid groups (broad SMARTS) is 1. The molecule has 0 saturated heterocycles. The predicted octanol–water partition coefficient (Wildman–Crippen LogP) is 0.438. The van der Waals surface area contributed by atoms with Gasteiger partial charge in [0.05, 0.1) is 12.1 Å². The number of hydrogen-bond acceptors (Lipinski definition) is 4. The molecule has 2 N–H and O–H groups in total. The zero-order chi connectivity index (χ0) is 10.7. The molecule has 5 nitrogen and oxygen atoms in total. The Balaban J connectivity index is 2.86. The van der Waals surface area contributed by atoms with Crippen molar-refractivity contribution in [2.24, 2.45) is 0 Å². The molecule has 1 heterocycles. The van der Waals surface area contributed by atoms with Gasteiger partial charge in [-0.2, -0.15) is 0 Å². The number of amides is 1. The minimum atomic E-state index is -0.997. The molecular formula is C8H10N2O3S. The third-order valence-electron chi connectivity index (χ3n) is 1.63. The Morgan fingerprint density at radius 1 is 1.57 bits per heavy atom. The maximum atomic E-state index is 11.0. The van der Waals surface area contributed by atoms with Crippen LogP contribution in [0.25, 0.3) is 0 Å². The Labute approximate surface area is 84.8 Å². The van der Waals surface area contributed by atoms with Crippen molar-refractivity contribution >= 4 is 23.2 Å². The number of aromatic nitrogens is 1. The highest BCUT2D eigenvalue weighted by molar-refractivity contribution is 7.13. The van der Waals surface area contributed by atoms with E-state index < -0.39 is 5.97 Å². The number of likely N-dealkylation sites (N-methyl/N-ethyl adjacent to an activating group) is 1. The average molecular weight is 214 g/mol. The molecule has 1 aromatic rings. The number of hydrogen-bond donors (Lipinski definition) is 2. The van der Waals surface area contributed by atoms with Crippen molar-refractivity contribution in [3.8, 4) is 0 Å². The van der Waals surface area contributed by atoms with Crippen LogP contribution >= 0.6 is 11.3 Å². The molecular weight excluding hydrogens is 204 g/mol. The van der Waals surface area contributed by atoms with Gasteiger partial charge in [-0.25, -0.2) is 9.78 Å². The van der Waals surface area contributed by atoms with Crippen LogP contribution in [0.3, 0.4) is 0 Å². The topological polar surface area (TPSA) is 79.3 Å². The number of carboxylic acids is 1. The van der Waals surface area contributed by atoms with Crippen LogP contribution in [0, 0.1) is 6.92 Å². The van der Waals surface area contributed by atoms with Crippen LogP contribution in [0.1, 0.15) is 20.4 Å². The molecule has 0 radical (unpaired) electrons. The van der Waals surface area contributed by atoms with Gasteiger partial charge in [0.15, 0.2) is 0 Å². The van der Waals surface area contributed by atoms with E-state index in [1.54, 1.807) is 6.92 Å². The van der Waals surface area contributed by atoms with Gasteiger partial charge in [-0.05, 0) is 6.92 Å². The Hall–Kier alpha value is -1.43. The Kier molecular flexibility index (Phi) is 3.19. The summed E-state index contributed by atoms with van der Waals surface area (Å²) in [7, 11) is 1.53. The third-order valence-corrected chi connectivity index (χ3v) is 2.77. The Morgan fingerprint density at radius 3 is 2.64 bits per heavy atom. The van der Waals surface area contributed by atoms with Crippen molar-refractivity contribution in [2.45, 2.75) is 13.3 Å². The lowest BCUT2D eigenvalue weighted by Crippen LogP contribution is -2.19. The smallest absolute Gasteiger partial charge is 0.347 e. The van der Waals surface area contributed by atoms with E-state index in [9.17, 15) is 9.59 Å². The molecule has 0 fully saturated rings. The maximum absolute atomic E-state index is 11.0. The highest BCUT2D eigenvalue weighted by Crippen LogP contribution is 2.18. The van der Waals surface area contributed by atoms with Crippen molar-refractivity contribution in [2.75, 3.05) is 7.05 Å². The van der Waals surface area contributed by atoms with Crippen LogP contribution < -0.4 is 5.32 Å². The van der Waals surface area contributed by atoms with Gasteiger partial charge in [0.2, 0.25) is 5.91 Å². The van der Waals surface area contributed by atoms with Crippen LogP contribution in [0.2, 0.25) is 0 Å². The molecule has 1 rings (SSSR count). The zero-order valence-corrected chi connectivity index (χ0v) is 8.64. The molecule has 1 aromatic heterocycles. The first-order chi connectivity index (χ1) is 6.54.